The predicted octanol–water partition coefficient (Wildman–Crippen LogP) is 3.46. The zero-order chi connectivity index (χ0) is 8.81. The highest BCUT2D eigenvalue weighted by Crippen LogP contribution is 2.26. The Hall–Kier alpha value is -0.460. The van der Waals surface area contributed by atoms with E-state index in [9.17, 15) is 0 Å². The molecule has 0 saturated carbocycles. The minimum atomic E-state index is 0.589. The Balaban J connectivity index is 2.53. The van der Waals surface area contributed by atoms with Crippen molar-refractivity contribution in [3.63, 3.8) is 0 Å². The molecule has 0 aliphatic rings. The van der Waals surface area contributed by atoms with E-state index in [0.717, 1.165) is 10.2 Å². The summed E-state index contributed by atoms with van der Waals surface area (Å²) >= 11 is 5.16. The van der Waals surface area contributed by atoms with Crippen LogP contribution in [0.2, 0.25) is 0 Å². The molecule has 1 aromatic carbocycles. The van der Waals surface area contributed by atoms with Crippen molar-refractivity contribution >= 4 is 27.7 Å². The molecule has 1 rings (SSSR count). The molecule has 0 amide bonds. The lowest BCUT2D eigenvalue weighted by atomic mass is 10.4. The van der Waals surface area contributed by atoms with Crippen molar-refractivity contribution < 1.29 is 0 Å². The fourth-order valence-corrected chi connectivity index (χ4v) is 2.17. The summed E-state index contributed by atoms with van der Waals surface area (Å²) < 4.78 is 1.11. The van der Waals surface area contributed by atoms with Crippen molar-refractivity contribution in [2.75, 3.05) is 12.3 Å². The lowest BCUT2D eigenvalue weighted by molar-refractivity contribution is 1.33. The Bertz CT molecular complexity index is 293. The topological polar surface area (TPSA) is 4.36 Å². The molecule has 0 N–H and O–H groups in total. The summed E-state index contributed by atoms with van der Waals surface area (Å²) in [6.07, 6.45) is 0. The summed E-state index contributed by atoms with van der Waals surface area (Å²) in [5.74, 6) is 0.867. The molecule has 0 aliphatic carbocycles. The van der Waals surface area contributed by atoms with E-state index >= 15 is 0 Å². The third-order valence-electron chi connectivity index (χ3n) is 1.30. The van der Waals surface area contributed by atoms with Gasteiger partial charge >= 0.3 is 0 Å². The van der Waals surface area contributed by atoms with Crippen LogP contribution in [0.25, 0.3) is 4.85 Å². The molecule has 12 heavy (non-hydrogen) atoms. The molecule has 0 radical (unpaired) electrons. The molecule has 0 unspecified atom stereocenters. The maximum Gasteiger partial charge on any atom is 0.223 e. The monoisotopic (exact) mass is 241 g/mol. The molecule has 0 fully saturated rings. The van der Waals surface area contributed by atoms with Gasteiger partial charge in [-0.05, 0) is 28.1 Å². The van der Waals surface area contributed by atoms with Gasteiger partial charge in [0.25, 0.3) is 0 Å². The highest BCUT2D eigenvalue weighted by atomic mass is 79.9. The van der Waals surface area contributed by atoms with Gasteiger partial charge in [0.1, 0.15) is 0 Å². The van der Waals surface area contributed by atoms with Gasteiger partial charge in [-0.25, -0.2) is 6.57 Å². The molecule has 62 valence electrons. The van der Waals surface area contributed by atoms with Crippen LogP contribution >= 0.6 is 27.7 Å². The van der Waals surface area contributed by atoms with E-state index in [1.54, 1.807) is 11.8 Å². The lowest BCUT2D eigenvalue weighted by Gasteiger charge is -1.99. The first-order chi connectivity index (χ1) is 5.84. The summed E-state index contributed by atoms with van der Waals surface area (Å²) in [6.45, 7) is 7.21. The largest absolute Gasteiger partial charge is 0.316 e. The third-order valence-corrected chi connectivity index (χ3v) is 3.30. The van der Waals surface area contributed by atoms with E-state index in [0.29, 0.717) is 6.54 Å². The fraction of sp³-hybridized carbons (Fsp3) is 0.222. The van der Waals surface area contributed by atoms with Crippen molar-refractivity contribution in [3.05, 3.63) is 40.2 Å². The minimum absolute atomic E-state index is 0.589. The van der Waals surface area contributed by atoms with Gasteiger partial charge in [0.15, 0.2) is 0 Å². The summed E-state index contributed by atoms with van der Waals surface area (Å²) in [7, 11) is 0. The molecule has 0 spiro atoms. The predicted molar refractivity (Wildman–Crippen MR) is 56.3 cm³/mol. The van der Waals surface area contributed by atoms with Crippen LogP contribution in [0.5, 0.6) is 0 Å². The van der Waals surface area contributed by atoms with Crippen LogP contribution in [0.15, 0.2) is 33.6 Å². The average Bonchev–Trinajstić information content (AvgIpc) is 2.09. The molecule has 0 bridgehead atoms. The second-order valence-electron chi connectivity index (χ2n) is 2.16. The van der Waals surface area contributed by atoms with E-state index in [-0.39, 0.29) is 0 Å². The molecular weight excluding hydrogens is 234 g/mol. The molecule has 0 saturated heterocycles. The number of thioether (sulfide) groups is 1. The maximum atomic E-state index is 6.62. The maximum absolute atomic E-state index is 6.62. The molecule has 0 atom stereocenters. The van der Waals surface area contributed by atoms with Gasteiger partial charge in [-0.15, -0.1) is 11.8 Å². The number of hydrogen-bond donors (Lipinski definition) is 0. The van der Waals surface area contributed by atoms with Crippen molar-refractivity contribution in [2.45, 2.75) is 4.90 Å². The van der Waals surface area contributed by atoms with Crippen LogP contribution in [0.1, 0.15) is 0 Å². The smallest absolute Gasteiger partial charge is 0.223 e. The molecular formula is C9H8BrNS. The van der Waals surface area contributed by atoms with Crippen molar-refractivity contribution in [1.29, 1.82) is 0 Å². The van der Waals surface area contributed by atoms with Crippen molar-refractivity contribution in [3.8, 4) is 0 Å². The first-order valence-corrected chi connectivity index (χ1v) is 5.33. The summed E-state index contributed by atoms with van der Waals surface area (Å²) in [4.78, 5) is 4.50. The number of halogens is 1. The van der Waals surface area contributed by atoms with Gasteiger partial charge in [-0.1, -0.05) is 12.1 Å². The zero-order valence-corrected chi connectivity index (χ0v) is 8.86. The molecule has 0 heterocycles. The Kier molecular flexibility index (Phi) is 4.20. The van der Waals surface area contributed by atoms with Crippen molar-refractivity contribution in [2.24, 2.45) is 0 Å². The van der Waals surface area contributed by atoms with Gasteiger partial charge < -0.3 is 4.85 Å². The van der Waals surface area contributed by atoms with E-state index < -0.39 is 0 Å². The van der Waals surface area contributed by atoms with E-state index in [1.807, 2.05) is 18.2 Å². The SMILES string of the molecule is [C-]#[N+]CCSc1ccccc1Br. The normalized spacial score (nSPS) is 9.33. The summed E-state index contributed by atoms with van der Waals surface area (Å²) in [5, 5.41) is 0. The quantitative estimate of drug-likeness (QED) is 0.446. The van der Waals surface area contributed by atoms with Crippen LogP contribution in [0, 0.1) is 6.57 Å². The first-order valence-electron chi connectivity index (χ1n) is 3.55. The van der Waals surface area contributed by atoms with Crippen LogP contribution in [0.3, 0.4) is 0 Å². The van der Waals surface area contributed by atoms with Crippen molar-refractivity contribution in [1.82, 2.24) is 0 Å². The second kappa shape index (κ2) is 5.23. The van der Waals surface area contributed by atoms with Crippen LogP contribution in [-0.2, 0) is 0 Å². The molecule has 3 heteroatoms. The molecule has 0 aromatic heterocycles. The number of benzene rings is 1. The van der Waals surface area contributed by atoms with Gasteiger partial charge in [-0.2, -0.15) is 0 Å². The third kappa shape index (κ3) is 2.88. The minimum Gasteiger partial charge on any atom is -0.316 e. The van der Waals surface area contributed by atoms with E-state index in [2.05, 4.69) is 26.8 Å². The Morgan fingerprint density at radius 2 is 2.17 bits per heavy atom. The van der Waals surface area contributed by atoms with E-state index in [1.165, 1.54) is 4.90 Å². The lowest BCUT2D eigenvalue weighted by Crippen LogP contribution is -1.82. The fourth-order valence-electron chi connectivity index (χ4n) is 0.763. The first kappa shape index (κ1) is 9.63. The highest BCUT2D eigenvalue weighted by Gasteiger charge is 1.98. The van der Waals surface area contributed by atoms with Gasteiger partial charge in [0, 0.05) is 9.37 Å². The average molecular weight is 242 g/mol. The summed E-state index contributed by atoms with van der Waals surface area (Å²) in [6, 6.07) is 8.06. The van der Waals surface area contributed by atoms with Crippen LogP contribution < -0.4 is 0 Å². The van der Waals surface area contributed by atoms with Gasteiger partial charge in [0.2, 0.25) is 6.54 Å². The van der Waals surface area contributed by atoms with E-state index in [4.69, 9.17) is 6.57 Å². The Morgan fingerprint density at radius 3 is 2.83 bits per heavy atom. The Labute approximate surface area is 85.1 Å². The molecule has 1 nitrogen and oxygen atoms in total. The van der Waals surface area contributed by atoms with Gasteiger partial charge in [0.05, 0.1) is 5.75 Å². The molecule has 0 aliphatic heterocycles. The number of rotatable bonds is 3. The zero-order valence-electron chi connectivity index (χ0n) is 6.46. The Morgan fingerprint density at radius 1 is 1.42 bits per heavy atom. The van der Waals surface area contributed by atoms with Gasteiger partial charge in [-0.3, -0.25) is 0 Å². The van der Waals surface area contributed by atoms with Crippen LogP contribution in [0.4, 0.5) is 0 Å². The van der Waals surface area contributed by atoms with Crippen LogP contribution in [-0.4, -0.2) is 12.3 Å². The number of hydrogen-bond acceptors (Lipinski definition) is 1. The number of nitrogens with zero attached hydrogens (tertiary/aromatic N) is 1. The highest BCUT2D eigenvalue weighted by molar-refractivity contribution is 9.10. The standard InChI is InChI=1S/C9H8BrNS/c1-11-6-7-12-9-5-3-2-4-8(9)10/h2-5H,6-7H2. The second-order valence-corrected chi connectivity index (χ2v) is 4.15. The molecule has 1 aromatic rings. The summed E-state index contributed by atoms with van der Waals surface area (Å²) in [5.41, 5.74) is 0.